The quantitative estimate of drug-likeness (QED) is 0.757. The second kappa shape index (κ2) is 4.28. The Kier molecular flexibility index (Phi) is 2.64. The van der Waals surface area contributed by atoms with Gasteiger partial charge in [-0.1, -0.05) is 6.07 Å². The Hall–Kier alpha value is -2.30. The second-order valence-electron chi connectivity index (χ2n) is 2.73. The first-order valence-electron chi connectivity index (χ1n) is 4.33. The molecule has 0 amide bonds. The number of aromatic hydroxyl groups is 1. The fraction of sp³-hybridized carbons (Fsp3) is 0. The van der Waals surface area contributed by atoms with E-state index in [2.05, 4.69) is 20.2 Å². The summed E-state index contributed by atoms with van der Waals surface area (Å²) in [5, 5.41) is 17.0. The molecule has 74 valence electrons. The van der Waals surface area contributed by atoms with Gasteiger partial charge in [-0.2, -0.15) is 0 Å². The molecular formula is C10H8N4O. The topological polar surface area (TPSA) is 70.7 Å². The summed E-state index contributed by atoms with van der Waals surface area (Å²) in [6.07, 6.45) is 3.15. The molecule has 2 heterocycles. The molecule has 5 nitrogen and oxygen atoms in total. The van der Waals surface area contributed by atoms with E-state index >= 15 is 0 Å². The third kappa shape index (κ3) is 2.34. The van der Waals surface area contributed by atoms with Crippen molar-refractivity contribution in [1.82, 2.24) is 9.97 Å². The maximum absolute atomic E-state index is 9.35. The summed E-state index contributed by atoms with van der Waals surface area (Å²) in [5.41, 5.74) is 0. The highest BCUT2D eigenvalue weighted by Crippen LogP contribution is 2.23. The lowest BCUT2D eigenvalue weighted by molar-refractivity contribution is 0.474. The van der Waals surface area contributed by atoms with Gasteiger partial charge in [-0.3, -0.25) is 0 Å². The highest BCUT2D eigenvalue weighted by atomic mass is 16.3. The Bertz CT molecular complexity index is 470. The predicted molar refractivity (Wildman–Crippen MR) is 54.3 cm³/mol. The van der Waals surface area contributed by atoms with Crippen molar-refractivity contribution in [2.24, 2.45) is 10.2 Å². The van der Waals surface area contributed by atoms with E-state index in [1.54, 1.807) is 30.5 Å². The van der Waals surface area contributed by atoms with Gasteiger partial charge in [0, 0.05) is 12.4 Å². The molecule has 0 unspecified atom stereocenters. The Morgan fingerprint density at radius 1 is 0.933 bits per heavy atom. The summed E-state index contributed by atoms with van der Waals surface area (Å²) >= 11 is 0. The molecule has 0 saturated carbocycles. The molecule has 0 fully saturated rings. The van der Waals surface area contributed by atoms with Crippen LogP contribution < -0.4 is 0 Å². The molecule has 1 N–H and O–H groups in total. The molecule has 0 saturated heterocycles. The van der Waals surface area contributed by atoms with Gasteiger partial charge >= 0.3 is 0 Å². The molecule has 0 aromatic carbocycles. The van der Waals surface area contributed by atoms with E-state index in [1.807, 2.05) is 0 Å². The number of aromatic nitrogens is 2. The van der Waals surface area contributed by atoms with Gasteiger partial charge in [-0.25, -0.2) is 9.97 Å². The Balaban J connectivity index is 2.23. The number of azo groups is 1. The van der Waals surface area contributed by atoms with Crippen molar-refractivity contribution in [3.05, 3.63) is 42.7 Å². The number of hydrogen-bond donors (Lipinski definition) is 1. The first-order chi connectivity index (χ1) is 7.36. The van der Waals surface area contributed by atoms with Crippen LogP contribution in [0.2, 0.25) is 0 Å². The number of rotatable bonds is 2. The molecule has 2 aromatic rings. The minimum Gasteiger partial charge on any atom is -0.504 e. The lowest BCUT2D eigenvalue weighted by atomic mass is 10.4. The molecular weight excluding hydrogens is 192 g/mol. The van der Waals surface area contributed by atoms with Crippen molar-refractivity contribution in [2.45, 2.75) is 0 Å². The summed E-state index contributed by atoms with van der Waals surface area (Å²) in [4.78, 5) is 7.81. The van der Waals surface area contributed by atoms with Gasteiger partial charge in [-0.15, -0.1) is 10.2 Å². The smallest absolute Gasteiger partial charge is 0.216 e. The highest BCUT2D eigenvalue weighted by molar-refractivity contribution is 5.42. The molecule has 0 spiro atoms. The number of nitrogens with zero attached hydrogens (tertiary/aromatic N) is 4. The molecule has 0 atom stereocenters. The van der Waals surface area contributed by atoms with Crippen LogP contribution in [0.1, 0.15) is 0 Å². The third-order valence-electron chi connectivity index (χ3n) is 1.66. The molecule has 2 rings (SSSR count). The monoisotopic (exact) mass is 200 g/mol. The maximum atomic E-state index is 9.35. The largest absolute Gasteiger partial charge is 0.504 e. The summed E-state index contributed by atoms with van der Waals surface area (Å²) < 4.78 is 0. The zero-order valence-electron chi connectivity index (χ0n) is 7.78. The Morgan fingerprint density at radius 2 is 1.80 bits per heavy atom. The lowest BCUT2D eigenvalue weighted by Crippen LogP contribution is -1.73. The van der Waals surface area contributed by atoms with Gasteiger partial charge in [-0.05, 0) is 24.3 Å². The Labute approximate surface area is 86.2 Å². The minimum absolute atomic E-state index is 0.00261. The van der Waals surface area contributed by atoms with Crippen molar-refractivity contribution >= 4 is 11.6 Å². The summed E-state index contributed by atoms with van der Waals surface area (Å²) in [6, 6.07) is 8.43. The van der Waals surface area contributed by atoms with E-state index in [0.717, 1.165) is 0 Å². The van der Waals surface area contributed by atoms with Gasteiger partial charge in [0.1, 0.15) is 0 Å². The van der Waals surface area contributed by atoms with Crippen molar-refractivity contribution in [2.75, 3.05) is 0 Å². The van der Waals surface area contributed by atoms with E-state index in [0.29, 0.717) is 5.82 Å². The van der Waals surface area contributed by atoms with Gasteiger partial charge in [0.25, 0.3) is 0 Å². The molecule has 0 aliphatic heterocycles. The van der Waals surface area contributed by atoms with Crippen LogP contribution in [0.25, 0.3) is 0 Å². The normalized spacial score (nSPS) is 10.7. The van der Waals surface area contributed by atoms with Gasteiger partial charge < -0.3 is 5.11 Å². The third-order valence-corrected chi connectivity index (χ3v) is 1.66. The molecule has 0 aliphatic rings. The number of pyridine rings is 2. The molecule has 0 bridgehead atoms. The van der Waals surface area contributed by atoms with Crippen molar-refractivity contribution in [1.29, 1.82) is 0 Å². The van der Waals surface area contributed by atoms with E-state index in [1.165, 1.54) is 12.3 Å². The standard InChI is InChI=1S/C10H8N4O/c15-8-4-3-7-12-10(8)14-13-9-5-1-2-6-11-9/h1-7,15H. The molecule has 5 heteroatoms. The van der Waals surface area contributed by atoms with E-state index in [-0.39, 0.29) is 11.6 Å². The van der Waals surface area contributed by atoms with Crippen LogP contribution in [0.3, 0.4) is 0 Å². The van der Waals surface area contributed by atoms with Crippen LogP contribution in [0.4, 0.5) is 11.6 Å². The average molecular weight is 200 g/mol. The minimum atomic E-state index is -0.00261. The molecule has 0 radical (unpaired) electrons. The maximum Gasteiger partial charge on any atom is 0.216 e. The SMILES string of the molecule is Oc1cccnc1N=Nc1ccccn1. The number of hydrogen-bond acceptors (Lipinski definition) is 5. The highest BCUT2D eigenvalue weighted by Gasteiger charge is 1.98. The van der Waals surface area contributed by atoms with Gasteiger partial charge in [0.2, 0.25) is 5.82 Å². The van der Waals surface area contributed by atoms with Crippen molar-refractivity contribution in [3.63, 3.8) is 0 Å². The van der Waals surface area contributed by atoms with Crippen LogP contribution >= 0.6 is 0 Å². The first kappa shape index (κ1) is 9.26. The predicted octanol–water partition coefficient (Wildman–Crippen LogP) is 2.60. The van der Waals surface area contributed by atoms with Crippen LogP contribution in [0.5, 0.6) is 5.75 Å². The van der Waals surface area contributed by atoms with Crippen LogP contribution in [-0.2, 0) is 0 Å². The van der Waals surface area contributed by atoms with E-state index < -0.39 is 0 Å². The molecule has 0 aliphatic carbocycles. The fourth-order valence-corrected chi connectivity index (χ4v) is 0.977. The van der Waals surface area contributed by atoms with Crippen molar-refractivity contribution < 1.29 is 5.11 Å². The summed E-state index contributed by atoms with van der Waals surface area (Å²) in [6.45, 7) is 0. The molecule has 2 aromatic heterocycles. The van der Waals surface area contributed by atoms with Crippen LogP contribution in [0, 0.1) is 0 Å². The zero-order valence-corrected chi connectivity index (χ0v) is 7.78. The van der Waals surface area contributed by atoms with Crippen LogP contribution in [-0.4, -0.2) is 15.1 Å². The fourth-order valence-electron chi connectivity index (χ4n) is 0.977. The second-order valence-corrected chi connectivity index (χ2v) is 2.73. The van der Waals surface area contributed by atoms with E-state index in [4.69, 9.17) is 0 Å². The average Bonchev–Trinajstić information content (AvgIpc) is 2.29. The van der Waals surface area contributed by atoms with E-state index in [9.17, 15) is 5.11 Å². The summed E-state index contributed by atoms with van der Waals surface area (Å²) in [7, 11) is 0. The van der Waals surface area contributed by atoms with Crippen molar-refractivity contribution in [3.8, 4) is 5.75 Å². The zero-order chi connectivity index (χ0) is 10.5. The summed E-state index contributed by atoms with van der Waals surface area (Å²) in [5.74, 6) is 0.655. The van der Waals surface area contributed by atoms with Gasteiger partial charge in [0.05, 0.1) is 0 Å². The molecule has 15 heavy (non-hydrogen) atoms. The van der Waals surface area contributed by atoms with Crippen LogP contribution in [0.15, 0.2) is 53.0 Å². The Morgan fingerprint density at radius 3 is 2.53 bits per heavy atom. The lowest BCUT2D eigenvalue weighted by Gasteiger charge is -1.94. The van der Waals surface area contributed by atoms with Gasteiger partial charge in [0.15, 0.2) is 11.6 Å². The first-order valence-corrected chi connectivity index (χ1v) is 4.33.